The van der Waals surface area contributed by atoms with Crippen molar-refractivity contribution in [3.05, 3.63) is 77.9 Å². The summed E-state index contributed by atoms with van der Waals surface area (Å²) in [4.78, 5) is 0. The number of nitrogens with zero attached hydrogens (tertiary/aromatic N) is 2. The summed E-state index contributed by atoms with van der Waals surface area (Å²) < 4.78 is 2.34. The first-order valence-corrected chi connectivity index (χ1v) is 9.74. The van der Waals surface area contributed by atoms with E-state index in [4.69, 9.17) is 12.2 Å². The molecule has 0 saturated heterocycles. The van der Waals surface area contributed by atoms with Gasteiger partial charge in [-0.25, -0.2) is 0 Å². The van der Waals surface area contributed by atoms with Crippen molar-refractivity contribution in [2.75, 3.05) is 5.32 Å². The minimum Gasteiger partial charge on any atom is -0.341 e. The van der Waals surface area contributed by atoms with Crippen LogP contribution in [-0.2, 0) is 6.54 Å². The Morgan fingerprint density at radius 3 is 2.54 bits per heavy atom. The quantitative estimate of drug-likeness (QED) is 0.279. The average Bonchev–Trinajstić information content (AvgIpc) is 3.03. The van der Waals surface area contributed by atoms with Crippen LogP contribution in [0.4, 0.5) is 5.69 Å². The van der Waals surface area contributed by atoms with Crippen LogP contribution >= 0.6 is 12.2 Å². The largest absolute Gasteiger partial charge is 0.341 e. The van der Waals surface area contributed by atoms with Crippen LogP contribution < -0.4 is 10.7 Å². The summed E-state index contributed by atoms with van der Waals surface area (Å²) >= 11 is 5.30. The molecule has 0 amide bonds. The number of thiocarbonyl (C=S) groups is 1. The lowest BCUT2D eigenvalue weighted by Gasteiger charge is -2.07. The van der Waals surface area contributed by atoms with Crippen molar-refractivity contribution in [1.29, 1.82) is 0 Å². The van der Waals surface area contributed by atoms with E-state index in [1.807, 2.05) is 24.3 Å². The zero-order chi connectivity index (χ0) is 19.5. The lowest BCUT2D eigenvalue weighted by Crippen LogP contribution is -2.23. The molecule has 0 aliphatic rings. The third-order valence-electron chi connectivity index (χ3n) is 4.80. The Hall–Kier alpha value is -3.18. The summed E-state index contributed by atoms with van der Waals surface area (Å²) in [5, 5.41) is 10.4. The molecule has 28 heavy (non-hydrogen) atoms. The van der Waals surface area contributed by atoms with Crippen LogP contribution in [-0.4, -0.2) is 15.9 Å². The molecule has 4 rings (SSSR count). The maximum atomic E-state index is 5.30. The summed E-state index contributed by atoms with van der Waals surface area (Å²) in [5.41, 5.74) is 8.55. The van der Waals surface area contributed by atoms with E-state index in [1.165, 1.54) is 27.4 Å². The van der Waals surface area contributed by atoms with Crippen molar-refractivity contribution in [1.82, 2.24) is 9.99 Å². The fourth-order valence-electron chi connectivity index (χ4n) is 3.45. The van der Waals surface area contributed by atoms with Crippen LogP contribution in [0, 0.1) is 6.92 Å². The second-order valence-electron chi connectivity index (χ2n) is 6.73. The highest BCUT2D eigenvalue weighted by Gasteiger charge is 2.09. The third-order valence-corrected chi connectivity index (χ3v) is 5.00. The van der Waals surface area contributed by atoms with Crippen molar-refractivity contribution >= 4 is 51.0 Å². The van der Waals surface area contributed by atoms with Gasteiger partial charge in [-0.2, -0.15) is 5.10 Å². The monoisotopic (exact) mass is 386 g/mol. The van der Waals surface area contributed by atoms with Crippen molar-refractivity contribution in [2.24, 2.45) is 5.10 Å². The molecule has 0 spiro atoms. The fourth-order valence-corrected chi connectivity index (χ4v) is 3.62. The van der Waals surface area contributed by atoms with Gasteiger partial charge in [-0.15, -0.1) is 0 Å². The van der Waals surface area contributed by atoms with E-state index in [0.29, 0.717) is 5.11 Å². The summed E-state index contributed by atoms with van der Waals surface area (Å²) in [7, 11) is 0. The average molecular weight is 387 g/mol. The van der Waals surface area contributed by atoms with Crippen LogP contribution in [0.25, 0.3) is 21.8 Å². The molecule has 0 aliphatic carbocycles. The first kappa shape index (κ1) is 18.2. The van der Waals surface area contributed by atoms with Gasteiger partial charge < -0.3 is 9.88 Å². The van der Waals surface area contributed by atoms with Crippen LogP contribution in [0.1, 0.15) is 18.1 Å². The number of hydrogen-bond acceptors (Lipinski definition) is 2. The number of para-hydroxylation sites is 1. The molecule has 1 heterocycles. The molecule has 2 N–H and O–H groups in total. The number of hydrazone groups is 1. The molecule has 5 heteroatoms. The van der Waals surface area contributed by atoms with Gasteiger partial charge in [0.2, 0.25) is 0 Å². The minimum atomic E-state index is 0.462. The molecule has 0 bridgehead atoms. The Balaban J connectivity index is 1.52. The maximum Gasteiger partial charge on any atom is 0.191 e. The van der Waals surface area contributed by atoms with Gasteiger partial charge in [0.15, 0.2) is 5.11 Å². The van der Waals surface area contributed by atoms with Crippen molar-refractivity contribution in [3.63, 3.8) is 0 Å². The normalized spacial score (nSPS) is 11.4. The molecular weight excluding hydrogens is 364 g/mol. The van der Waals surface area contributed by atoms with Crippen molar-refractivity contribution in [2.45, 2.75) is 20.4 Å². The van der Waals surface area contributed by atoms with Crippen LogP contribution in [0.2, 0.25) is 0 Å². The summed E-state index contributed by atoms with van der Waals surface area (Å²) in [6, 6.07) is 23.0. The fraction of sp³-hybridized carbons (Fsp3) is 0.130. The maximum absolute atomic E-state index is 5.30. The van der Waals surface area contributed by atoms with E-state index in [-0.39, 0.29) is 0 Å². The van der Waals surface area contributed by atoms with E-state index >= 15 is 0 Å². The highest BCUT2D eigenvalue weighted by Crippen LogP contribution is 2.29. The topological polar surface area (TPSA) is 41.4 Å². The number of aromatic nitrogens is 1. The minimum absolute atomic E-state index is 0.462. The predicted octanol–water partition coefficient (Wildman–Crippen LogP) is 5.44. The molecular formula is C23H22N4S. The number of rotatable bonds is 4. The summed E-state index contributed by atoms with van der Waals surface area (Å²) in [5.74, 6) is 0. The molecule has 4 aromatic rings. The second kappa shape index (κ2) is 7.82. The summed E-state index contributed by atoms with van der Waals surface area (Å²) in [6.45, 7) is 5.17. The Morgan fingerprint density at radius 2 is 1.75 bits per heavy atom. The molecule has 4 nitrogen and oxygen atoms in total. The molecule has 0 saturated carbocycles. The number of aryl methyl sites for hydroxylation is 2. The van der Waals surface area contributed by atoms with Gasteiger partial charge in [-0.3, -0.25) is 5.43 Å². The van der Waals surface area contributed by atoms with Crippen molar-refractivity contribution in [3.8, 4) is 0 Å². The SMILES string of the molecule is CCn1c2ccccc2c2cc(/C=N/NC(=S)Nc3ccc(C)cc3)ccc21. The lowest BCUT2D eigenvalue weighted by molar-refractivity contribution is 0.827. The first-order chi connectivity index (χ1) is 13.7. The Morgan fingerprint density at radius 1 is 1.00 bits per heavy atom. The molecule has 1 aromatic heterocycles. The van der Waals surface area contributed by atoms with E-state index in [1.54, 1.807) is 6.21 Å². The van der Waals surface area contributed by atoms with E-state index in [0.717, 1.165) is 17.8 Å². The van der Waals surface area contributed by atoms with E-state index < -0.39 is 0 Å². The number of fused-ring (bicyclic) bond motifs is 3. The van der Waals surface area contributed by atoms with Gasteiger partial charge in [0, 0.05) is 34.0 Å². The van der Waals surface area contributed by atoms with E-state index in [9.17, 15) is 0 Å². The zero-order valence-corrected chi connectivity index (χ0v) is 16.8. The lowest BCUT2D eigenvalue weighted by atomic mass is 10.1. The highest BCUT2D eigenvalue weighted by atomic mass is 32.1. The highest BCUT2D eigenvalue weighted by molar-refractivity contribution is 7.80. The number of hydrogen-bond donors (Lipinski definition) is 2. The van der Waals surface area contributed by atoms with Crippen LogP contribution in [0.5, 0.6) is 0 Å². The predicted molar refractivity (Wildman–Crippen MR) is 123 cm³/mol. The smallest absolute Gasteiger partial charge is 0.191 e. The molecule has 0 fully saturated rings. The van der Waals surface area contributed by atoms with Gasteiger partial charge in [0.1, 0.15) is 0 Å². The second-order valence-corrected chi connectivity index (χ2v) is 7.14. The van der Waals surface area contributed by atoms with Gasteiger partial charge in [0.25, 0.3) is 0 Å². The summed E-state index contributed by atoms with van der Waals surface area (Å²) in [6.07, 6.45) is 1.79. The van der Waals surface area contributed by atoms with Gasteiger partial charge in [-0.1, -0.05) is 42.0 Å². The molecule has 0 unspecified atom stereocenters. The van der Waals surface area contributed by atoms with Crippen molar-refractivity contribution < 1.29 is 0 Å². The molecule has 3 aromatic carbocycles. The number of nitrogens with one attached hydrogen (secondary N) is 2. The standard InChI is InChI=1S/C23H22N4S/c1-3-27-21-7-5-4-6-19(21)20-14-17(10-13-22(20)27)15-24-26-23(28)25-18-11-8-16(2)9-12-18/h4-15H,3H2,1-2H3,(H2,25,26,28)/b24-15+. The van der Waals surface area contributed by atoms with Crippen LogP contribution in [0.3, 0.4) is 0 Å². The molecule has 0 aliphatic heterocycles. The van der Waals surface area contributed by atoms with Gasteiger partial charge in [0.05, 0.1) is 6.21 Å². The number of benzene rings is 3. The Bertz CT molecular complexity index is 1170. The van der Waals surface area contributed by atoms with Gasteiger partial charge in [-0.05, 0) is 62.0 Å². The Kier molecular flexibility index (Phi) is 5.08. The number of anilines is 1. The Labute approximate surface area is 169 Å². The molecule has 0 atom stereocenters. The zero-order valence-electron chi connectivity index (χ0n) is 15.9. The molecule has 0 radical (unpaired) electrons. The molecule has 140 valence electrons. The van der Waals surface area contributed by atoms with Gasteiger partial charge >= 0.3 is 0 Å². The van der Waals surface area contributed by atoms with E-state index in [2.05, 4.69) is 76.7 Å². The first-order valence-electron chi connectivity index (χ1n) is 9.33. The third kappa shape index (κ3) is 3.62. The van der Waals surface area contributed by atoms with Crippen LogP contribution in [0.15, 0.2) is 71.8 Å².